The van der Waals surface area contributed by atoms with E-state index in [1.807, 2.05) is 0 Å². The molecule has 0 radical (unpaired) electrons. The average Bonchev–Trinajstić information content (AvgIpc) is 2.04. The summed E-state index contributed by atoms with van der Waals surface area (Å²) in [6, 6.07) is 0. The van der Waals surface area contributed by atoms with Gasteiger partial charge in [-0.05, 0) is 33.1 Å². The maximum Gasteiger partial charge on any atom is 0.0469 e. The van der Waals surface area contributed by atoms with Crippen LogP contribution in [0.1, 0.15) is 40.0 Å². The predicted molar refractivity (Wildman–Crippen MR) is 49.8 cm³/mol. The fourth-order valence-electron chi connectivity index (χ4n) is 0.844. The molecule has 0 aliphatic rings. The molecule has 0 rings (SSSR count). The summed E-state index contributed by atoms with van der Waals surface area (Å²) in [6.07, 6.45) is 5.64. The first-order valence-corrected chi connectivity index (χ1v) is 4.50. The van der Waals surface area contributed by atoms with Crippen LogP contribution in [-0.4, -0.2) is 13.2 Å². The molecule has 0 saturated heterocycles. The zero-order valence-corrected chi connectivity index (χ0v) is 8.02. The Labute approximate surface area is 70.4 Å². The predicted octanol–water partition coefficient (Wildman–Crippen LogP) is 3.16. The molecule has 0 heterocycles. The third kappa shape index (κ3) is 7.60. The van der Waals surface area contributed by atoms with Gasteiger partial charge in [0.2, 0.25) is 0 Å². The third-order valence-corrected chi connectivity index (χ3v) is 1.70. The Bertz CT molecular complexity index is 105. The van der Waals surface area contributed by atoms with Crippen LogP contribution in [0.15, 0.2) is 11.6 Å². The standard InChI is InChI=1S/C10H20O/c1-4-8-11-9-6-7-10(3)5-2/h5H,4,6-9H2,1-3H3. The van der Waals surface area contributed by atoms with E-state index in [1.165, 1.54) is 12.0 Å². The highest BCUT2D eigenvalue weighted by Gasteiger charge is 1.89. The van der Waals surface area contributed by atoms with E-state index in [2.05, 4.69) is 26.8 Å². The lowest BCUT2D eigenvalue weighted by atomic mass is 10.2. The fourth-order valence-corrected chi connectivity index (χ4v) is 0.844. The molecule has 0 atom stereocenters. The Balaban J connectivity index is 3.02. The number of ether oxygens (including phenoxy) is 1. The normalized spacial score (nSPS) is 12.1. The minimum Gasteiger partial charge on any atom is -0.381 e. The van der Waals surface area contributed by atoms with Gasteiger partial charge in [0.15, 0.2) is 0 Å². The molecular weight excluding hydrogens is 136 g/mol. The lowest BCUT2D eigenvalue weighted by Gasteiger charge is -2.01. The van der Waals surface area contributed by atoms with Gasteiger partial charge in [-0.3, -0.25) is 0 Å². The van der Waals surface area contributed by atoms with Gasteiger partial charge >= 0.3 is 0 Å². The summed E-state index contributed by atoms with van der Waals surface area (Å²) in [5.41, 5.74) is 1.46. The minimum atomic E-state index is 0.912. The minimum absolute atomic E-state index is 0.912. The van der Waals surface area contributed by atoms with E-state index in [0.717, 1.165) is 26.1 Å². The summed E-state index contributed by atoms with van der Waals surface area (Å²) in [4.78, 5) is 0. The first-order chi connectivity index (χ1) is 5.31. The highest BCUT2D eigenvalue weighted by atomic mass is 16.5. The second kappa shape index (κ2) is 7.80. The van der Waals surface area contributed by atoms with Crippen LogP contribution in [0.3, 0.4) is 0 Å². The second-order valence-corrected chi connectivity index (χ2v) is 2.85. The molecule has 0 saturated carbocycles. The van der Waals surface area contributed by atoms with Gasteiger partial charge < -0.3 is 4.74 Å². The van der Waals surface area contributed by atoms with Crippen molar-refractivity contribution in [1.29, 1.82) is 0 Å². The largest absolute Gasteiger partial charge is 0.381 e. The van der Waals surface area contributed by atoms with E-state index in [0.29, 0.717) is 0 Å². The molecule has 0 fully saturated rings. The molecule has 0 aromatic heterocycles. The van der Waals surface area contributed by atoms with E-state index in [4.69, 9.17) is 4.74 Å². The van der Waals surface area contributed by atoms with Crippen molar-refractivity contribution in [2.24, 2.45) is 0 Å². The van der Waals surface area contributed by atoms with Gasteiger partial charge in [-0.2, -0.15) is 0 Å². The van der Waals surface area contributed by atoms with Crippen LogP contribution in [0.25, 0.3) is 0 Å². The van der Waals surface area contributed by atoms with Crippen molar-refractivity contribution in [2.75, 3.05) is 13.2 Å². The molecule has 0 aromatic carbocycles. The Morgan fingerprint density at radius 2 is 2.09 bits per heavy atom. The number of allylic oxidation sites excluding steroid dienone is 2. The van der Waals surface area contributed by atoms with Crippen molar-refractivity contribution in [3.05, 3.63) is 11.6 Å². The number of hydrogen-bond acceptors (Lipinski definition) is 1. The molecule has 0 unspecified atom stereocenters. The van der Waals surface area contributed by atoms with Crippen LogP contribution in [0, 0.1) is 0 Å². The maximum absolute atomic E-state index is 5.35. The molecule has 0 aliphatic carbocycles. The number of hydrogen-bond donors (Lipinski definition) is 0. The van der Waals surface area contributed by atoms with Crippen molar-refractivity contribution in [2.45, 2.75) is 40.0 Å². The summed E-state index contributed by atoms with van der Waals surface area (Å²) in [7, 11) is 0. The van der Waals surface area contributed by atoms with E-state index < -0.39 is 0 Å². The summed E-state index contributed by atoms with van der Waals surface area (Å²) >= 11 is 0. The monoisotopic (exact) mass is 156 g/mol. The van der Waals surface area contributed by atoms with Crippen LogP contribution in [0.5, 0.6) is 0 Å². The van der Waals surface area contributed by atoms with E-state index in [-0.39, 0.29) is 0 Å². The lowest BCUT2D eigenvalue weighted by molar-refractivity contribution is 0.132. The van der Waals surface area contributed by atoms with Gasteiger partial charge in [0.05, 0.1) is 0 Å². The zero-order chi connectivity index (χ0) is 8.53. The third-order valence-electron chi connectivity index (χ3n) is 1.70. The smallest absolute Gasteiger partial charge is 0.0469 e. The fraction of sp³-hybridized carbons (Fsp3) is 0.800. The van der Waals surface area contributed by atoms with Gasteiger partial charge in [0.1, 0.15) is 0 Å². The van der Waals surface area contributed by atoms with E-state index in [9.17, 15) is 0 Å². The van der Waals surface area contributed by atoms with E-state index in [1.54, 1.807) is 0 Å². The van der Waals surface area contributed by atoms with Crippen molar-refractivity contribution in [1.82, 2.24) is 0 Å². The summed E-state index contributed by atoms with van der Waals surface area (Å²) < 4.78 is 5.35. The molecule has 0 bridgehead atoms. The molecular formula is C10H20O. The Morgan fingerprint density at radius 1 is 1.36 bits per heavy atom. The molecule has 1 heteroatoms. The van der Waals surface area contributed by atoms with Gasteiger partial charge in [-0.25, -0.2) is 0 Å². The molecule has 0 aromatic rings. The quantitative estimate of drug-likeness (QED) is 0.424. The van der Waals surface area contributed by atoms with Crippen molar-refractivity contribution in [3.8, 4) is 0 Å². The zero-order valence-electron chi connectivity index (χ0n) is 8.02. The molecule has 1 nitrogen and oxygen atoms in total. The first kappa shape index (κ1) is 10.7. The van der Waals surface area contributed by atoms with Gasteiger partial charge in [0.25, 0.3) is 0 Å². The molecule has 0 spiro atoms. The average molecular weight is 156 g/mol. The van der Waals surface area contributed by atoms with E-state index >= 15 is 0 Å². The van der Waals surface area contributed by atoms with Crippen molar-refractivity contribution < 1.29 is 4.74 Å². The van der Waals surface area contributed by atoms with Crippen molar-refractivity contribution >= 4 is 0 Å². The van der Waals surface area contributed by atoms with Crippen LogP contribution in [0.4, 0.5) is 0 Å². The second-order valence-electron chi connectivity index (χ2n) is 2.85. The summed E-state index contributed by atoms with van der Waals surface area (Å²) in [5, 5.41) is 0. The highest BCUT2D eigenvalue weighted by molar-refractivity contribution is 4.94. The molecule has 11 heavy (non-hydrogen) atoms. The van der Waals surface area contributed by atoms with Crippen LogP contribution in [0.2, 0.25) is 0 Å². The lowest BCUT2D eigenvalue weighted by Crippen LogP contribution is -1.95. The maximum atomic E-state index is 5.35. The molecule has 0 N–H and O–H groups in total. The molecule has 0 aliphatic heterocycles. The Hall–Kier alpha value is -0.300. The Morgan fingerprint density at radius 3 is 2.64 bits per heavy atom. The van der Waals surface area contributed by atoms with Crippen LogP contribution < -0.4 is 0 Å². The van der Waals surface area contributed by atoms with Gasteiger partial charge in [0, 0.05) is 13.2 Å². The molecule has 0 amide bonds. The van der Waals surface area contributed by atoms with Crippen LogP contribution in [-0.2, 0) is 4.74 Å². The highest BCUT2D eigenvalue weighted by Crippen LogP contribution is 2.02. The first-order valence-electron chi connectivity index (χ1n) is 4.50. The molecule has 66 valence electrons. The van der Waals surface area contributed by atoms with Gasteiger partial charge in [-0.1, -0.05) is 18.6 Å². The summed E-state index contributed by atoms with van der Waals surface area (Å²) in [5.74, 6) is 0. The van der Waals surface area contributed by atoms with Crippen LogP contribution >= 0.6 is 0 Å². The number of rotatable bonds is 6. The topological polar surface area (TPSA) is 9.23 Å². The SMILES string of the molecule is CC=C(C)CCCOCCC. The van der Waals surface area contributed by atoms with Crippen molar-refractivity contribution in [3.63, 3.8) is 0 Å². The summed E-state index contributed by atoms with van der Waals surface area (Å²) in [6.45, 7) is 8.22. The Kier molecular flexibility index (Phi) is 7.59. The van der Waals surface area contributed by atoms with Gasteiger partial charge in [-0.15, -0.1) is 0 Å².